The van der Waals surface area contributed by atoms with E-state index in [1.54, 1.807) is 6.92 Å². The van der Waals surface area contributed by atoms with Crippen LogP contribution in [0.2, 0.25) is 0 Å². The molecule has 0 aromatic heterocycles. The van der Waals surface area contributed by atoms with Crippen molar-refractivity contribution in [2.24, 2.45) is 11.3 Å². The van der Waals surface area contributed by atoms with Gasteiger partial charge < -0.3 is 10.2 Å². The summed E-state index contributed by atoms with van der Waals surface area (Å²) in [4.78, 5) is 11.7. The lowest BCUT2D eigenvalue weighted by atomic mass is 9.78. The minimum absolute atomic E-state index is 0.0424. The van der Waals surface area contributed by atoms with Crippen LogP contribution in [-0.2, 0) is 4.79 Å². The Morgan fingerprint density at radius 1 is 1.11 bits per heavy atom. The molecule has 0 aromatic rings. The molecule has 0 aliphatic carbocycles. The van der Waals surface area contributed by atoms with Crippen LogP contribution in [-0.4, -0.2) is 28.2 Å². The fourth-order valence-electron chi connectivity index (χ4n) is 2.21. The van der Waals surface area contributed by atoms with Crippen LogP contribution < -0.4 is 0 Å². The number of Topliss-reactive ketones (excluding diaryl/α,β-unsaturated/α-hetero) is 1. The number of aliphatic hydroxyl groups excluding tert-OH is 1. The number of aliphatic hydroxyl groups is 2. The lowest BCUT2D eigenvalue weighted by Gasteiger charge is -2.29. The van der Waals surface area contributed by atoms with E-state index >= 15 is 0 Å². The maximum Gasteiger partial charge on any atom is 0.166 e. The van der Waals surface area contributed by atoms with Crippen molar-refractivity contribution in [3.05, 3.63) is 0 Å². The molecule has 0 rings (SSSR count). The molecule has 0 bridgehead atoms. The molecule has 1 atom stereocenters. The standard InChI is InChI=1S/C16H32O3/c1-13(2)7-6-9-15(3,4)10-11-16(5,19)14(18)8-12-17/h13,17,19H,6-12H2,1-5H3. The van der Waals surface area contributed by atoms with E-state index < -0.39 is 5.60 Å². The number of carbonyl (C=O) groups is 1. The van der Waals surface area contributed by atoms with Crippen LogP contribution in [0.25, 0.3) is 0 Å². The quantitative estimate of drug-likeness (QED) is 0.641. The van der Waals surface area contributed by atoms with E-state index in [1.807, 2.05) is 0 Å². The van der Waals surface area contributed by atoms with Gasteiger partial charge in [-0.15, -0.1) is 0 Å². The van der Waals surface area contributed by atoms with Crippen LogP contribution in [0.4, 0.5) is 0 Å². The first kappa shape index (κ1) is 18.6. The van der Waals surface area contributed by atoms with E-state index in [2.05, 4.69) is 27.7 Å². The van der Waals surface area contributed by atoms with Gasteiger partial charge in [0.1, 0.15) is 5.60 Å². The summed E-state index contributed by atoms with van der Waals surface area (Å²) in [5.41, 5.74) is -1.14. The average Bonchev–Trinajstić information content (AvgIpc) is 2.26. The first-order valence-electron chi connectivity index (χ1n) is 7.47. The van der Waals surface area contributed by atoms with Crippen LogP contribution in [0.3, 0.4) is 0 Å². The van der Waals surface area contributed by atoms with Crippen LogP contribution in [0.5, 0.6) is 0 Å². The summed E-state index contributed by atoms with van der Waals surface area (Å²) < 4.78 is 0. The van der Waals surface area contributed by atoms with E-state index in [1.165, 1.54) is 12.8 Å². The molecule has 114 valence electrons. The van der Waals surface area contributed by atoms with Gasteiger partial charge in [0.25, 0.3) is 0 Å². The fourth-order valence-corrected chi connectivity index (χ4v) is 2.21. The van der Waals surface area contributed by atoms with Crippen molar-refractivity contribution in [1.29, 1.82) is 0 Å². The highest BCUT2D eigenvalue weighted by molar-refractivity contribution is 5.86. The molecule has 0 saturated carbocycles. The van der Waals surface area contributed by atoms with Gasteiger partial charge >= 0.3 is 0 Å². The van der Waals surface area contributed by atoms with Crippen molar-refractivity contribution in [1.82, 2.24) is 0 Å². The highest BCUT2D eigenvalue weighted by Gasteiger charge is 2.31. The Labute approximate surface area is 118 Å². The predicted molar refractivity (Wildman–Crippen MR) is 79.0 cm³/mol. The van der Waals surface area contributed by atoms with Crippen LogP contribution in [0, 0.1) is 11.3 Å². The van der Waals surface area contributed by atoms with Gasteiger partial charge in [-0.1, -0.05) is 40.5 Å². The molecule has 0 saturated heterocycles. The van der Waals surface area contributed by atoms with Gasteiger partial charge in [-0.05, 0) is 37.5 Å². The van der Waals surface area contributed by atoms with Crippen molar-refractivity contribution in [2.75, 3.05) is 6.61 Å². The minimum Gasteiger partial charge on any atom is -0.396 e. The third-order valence-corrected chi connectivity index (χ3v) is 3.86. The second-order valence-electron chi connectivity index (χ2n) is 7.12. The lowest BCUT2D eigenvalue weighted by molar-refractivity contribution is -0.137. The summed E-state index contributed by atoms with van der Waals surface area (Å²) in [5.74, 6) is 0.470. The zero-order valence-corrected chi connectivity index (χ0v) is 13.3. The number of ketones is 1. The molecule has 0 amide bonds. The maximum absolute atomic E-state index is 11.7. The maximum atomic E-state index is 11.7. The van der Waals surface area contributed by atoms with Gasteiger partial charge in [-0.2, -0.15) is 0 Å². The molecule has 3 heteroatoms. The predicted octanol–water partition coefficient (Wildman–Crippen LogP) is 3.32. The van der Waals surface area contributed by atoms with Gasteiger partial charge in [-0.3, -0.25) is 4.79 Å². The van der Waals surface area contributed by atoms with Crippen LogP contribution in [0.15, 0.2) is 0 Å². The smallest absolute Gasteiger partial charge is 0.166 e. The molecule has 0 aliphatic heterocycles. The fraction of sp³-hybridized carbons (Fsp3) is 0.938. The van der Waals surface area contributed by atoms with Crippen LogP contribution >= 0.6 is 0 Å². The Kier molecular flexibility index (Phi) is 7.83. The SMILES string of the molecule is CC(C)CCCC(C)(C)CCC(C)(O)C(=O)CCO. The second-order valence-corrected chi connectivity index (χ2v) is 7.12. The zero-order chi connectivity index (χ0) is 15.1. The topological polar surface area (TPSA) is 57.5 Å². The van der Waals surface area contributed by atoms with E-state index in [-0.39, 0.29) is 24.2 Å². The molecule has 0 radical (unpaired) electrons. The normalized spacial score (nSPS) is 15.6. The summed E-state index contributed by atoms with van der Waals surface area (Å²) in [6, 6.07) is 0. The average molecular weight is 272 g/mol. The Balaban J connectivity index is 4.17. The minimum atomic E-state index is -1.29. The highest BCUT2D eigenvalue weighted by Crippen LogP contribution is 2.32. The molecule has 0 heterocycles. The van der Waals surface area contributed by atoms with Crippen molar-refractivity contribution < 1.29 is 15.0 Å². The van der Waals surface area contributed by atoms with E-state index in [9.17, 15) is 9.90 Å². The summed E-state index contributed by atoms with van der Waals surface area (Å²) in [6.07, 6.45) is 4.88. The molecule has 2 N–H and O–H groups in total. The number of carbonyl (C=O) groups excluding carboxylic acids is 1. The van der Waals surface area contributed by atoms with Gasteiger partial charge in [0.2, 0.25) is 0 Å². The first-order chi connectivity index (χ1) is 8.60. The molecule has 1 unspecified atom stereocenters. The third-order valence-electron chi connectivity index (χ3n) is 3.86. The summed E-state index contributed by atoms with van der Waals surface area (Å²) in [5, 5.41) is 18.9. The summed E-state index contributed by atoms with van der Waals surface area (Å²) in [6.45, 7) is 10.2. The largest absolute Gasteiger partial charge is 0.396 e. The summed E-state index contributed by atoms with van der Waals surface area (Å²) >= 11 is 0. The van der Waals surface area contributed by atoms with Gasteiger partial charge in [0, 0.05) is 6.42 Å². The van der Waals surface area contributed by atoms with Crippen LogP contribution in [0.1, 0.15) is 73.1 Å². The molecular formula is C16H32O3. The molecule has 0 fully saturated rings. The van der Waals surface area contributed by atoms with Gasteiger partial charge in [-0.25, -0.2) is 0 Å². The Bertz CT molecular complexity index is 267. The molecule has 0 aliphatic rings. The number of rotatable bonds is 10. The zero-order valence-electron chi connectivity index (χ0n) is 13.3. The third kappa shape index (κ3) is 8.38. The molecule has 3 nitrogen and oxygen atoms in total. The summed E-state index contributed by atoms with van der Waals surface area (Å²) in [7, 11) is 0. The van der Waals surface area contributed by atoms with E-state index in [0.717, 1.165) is 18.8 Å². The van der Waals surface area contributed by atoms with Crippen molar-refractivity contribution in [3.8, 4) is 0 Å². The molecule has 0 aromatic carbocycles. The molecule has 0 spiro atoms. The number of hydrogen-bond acceptors (Lipinski definition) is 3. The monoisotopic (exact) mass is 272 g/mol. The lowest BCUT2D eigenvalue weighted by Crippen LogP contribution is -2.36. The van der Waals surface area contributed by atoms with Gasteiger partial charge in [0.05, 0.1) is 6.61 Å². The molecule has 19 heavy (non-hydrogen) atoms. The van der Waals surface area contributed by atoms with E-state index in [0.29, 0.717) is 6.42 Å². The first-order valence-corrected chi connectivity index (χ1v) is 7.47. The Hall–Kier alpha value is -0.410. The Morgan fingerprint density at radius 3 is 2.16 bits per heavy atom. The number of hydrogen-bond donors (Lipinski definition) is 2. The van der Waals surface area contributed by atoms with Crippen molar-refractivity contribution in [2.45, 2.75) is 78.7 Å². The van der Waals surface area contributed by atoms with Gasteiger partial charge in [0.15, 0.2) is 5.78 Å². The van der Waals surface area contributed by atoms with Crippen molar-refractivity contribution >= 4 is 5.78 Å². The second kappa shape index (κ2) is 8.01. The highest BCUT2D eigenvalue weighted by atomic mass is 16.3. The van der Waals surface area contributed by atoms with E-state index in [4.69, 9.17) is 5.11 Å². The Morgan fingerprint density at radius 2 is 1.68 bits per heavy atom. The van der Waals surface area contributed by atoms with Crippen molar-refractivity contribution in [3.63, 3.8) is 0 Å². The molecular weight excluding hydrogens is 240 g/mol.